The molecule has 0 unspecified atom stereocenters. The van der Waals surface area contributed by atoms with Crippen LogP contribution in [-0.2, 0) is 14.8 Å². The average molecular weight is 481 g/mol. The molecule has 0 aliphatic rings. The summed E-state index contributed by atoms with van der Waals surface area (Å²) in [4.78, 5) is 16.6. The number of hydrogen-bond acceptors (Lipinski definition) is 6. The fourth-order valence-electron chi connectivity index (χ4n) is 2.48. The topological polar surface area (TPSA) is 103 Å². The molecule has 30 heavy (non-hydrogen) atoms. The van der Waals surface area contributed by atoms with Crippen molar-refractivity contribution in [3.05, 3.63) is 63.5 Å². The summed E-state index contributed by atoms with van der Waals surface area (Å²) in [6, 6.07) is 12.4. The molecule has 3 rings (SSSR count). The summed E-state index contributed by atoms with van der Waals surface area (Å²) in [6.45, 7) is -0.408. The fraction of sp³-hybridized carbons (Fsp3) is 0.105. The summed E-state index contributed by atoms with van der Waals surface area (Å²) in [6.07, 6.45) is 0. The van der Waals surface area contributed by atoms with Crippen LogP contribution >= 0.6 is 34.5 Å². The van der Waals surface area contributed by atoms with Gasteiger partial charge in [0.25, 0.3) is 0 Å². The Kier molecular flexibility index (Phi) is 6.75. The molecule has 0 saturated heterocycles. The molecule has 0 fully saturated rings. The van der Waals surface area contributed by atoms with Gasteiger partial charge in [0.1, 0.15) is 0 Å². The number of nitrogens with zero attached hydrogens (tertiary/aromatic N) is 3. The highest BCUT2D eigenvalue weighted by Gasteiger charge is 2.23. The standard InChI is InChI=1S/C19H14Cl2N4O3S2/c1-25(30(27,28)14-5-2-12(9-22)3-6-14)10-18(26)24-19-23-17(11-29-19)15-8-13(20)4-7-16(15)21/h2-8,11H,10H2,1H3,(H,23,24,26). The van der Waals surface area contributed by atoms with Crippen molar-refractivity contribution in [2.45, 2.75) is 4.90 Å². The Bertz CT molecular complexity index is 1240. The number of nitrogens with one attached hydrogen (secondary N) is 1. The highest BCUT2D eigenvalue weighted by molar-refractivity contribution is 7.89. The normalized spacial score (nSPS) is 11.3. The van der Waals surface area contributed by atoms with Gasteiger partial charge in [0, 0.05) is 23.0 Å². The van der Waals surface area contributed by atoms with Crippen molar-refractivity contribution in [2.24, 2.45) is 0 Å². The minimum Gasteiger partial charge on any atom is -0.301 e. The van der Waals surface area contributed by atoms with Crippen molar-refractivity contribution in [1.29, 1.82) is 5.26 Å². The summed E-state index contributed by atoms with van der Waals surface area (Å²) < 4.78 is 26.1. The molecule has 11 heteroatoms. The van der Waals surface area contributed by atoms with Gasteiger partial charge in [-0.25, -0.2) is 13.4 Å². The van der Waals surface area contributed by atoms with E-state index >= 15 is 0 Å². The van der Waals surface area contributed by atoms with Crippen LogP contribution in [0.25, 0.3) is 11.3 Å². The minimum absolute atomic E-state index is 0.0102. The molecule has 3 aromatic rings. The van der Waals surface area contributed by atoms with Crippen LogP contribution in [0.1, 0.15) is 5.56 Å². The zero-order valence-corrected chi connectivity index (χ0v) is 18.6. The number of benzene rings is 2. The van der Waals surface area contributed by atoms with Crippen LogP contribution in [0.15, 0.2) is 52.7 Å². The lowest BCUT2D eigenvalue weighted by atomic mass is 10.2. The Hall–Kier alpha value is -2.48. The first-order valence-corrected chi connectivity index (χ1v) is 11.5. The summed E-state index contributed by atoms with van der Waals surface area (Å²) in [5.74, 6) is -0.548. The van der Waals surface area contributed by atoms with E-state index in [0.717, 1.165) is 4.31 Å². The molecule has 7 nitrogen and oxygen atoms in total. The van der Waals surface area contributed by atoms with Gasteiger partial charge in [-0.3, -0.25) is 4.79 Å². The number of sulfonamides is 1. The largest absolute Gasteiger partial charge is 0.301 e. The number of rotatable bonds is 6. The monoisotopic (exact) mass is 480 g/mol. The lowest BCUT2D eigenvalue weighted by Gasteiger charge is -2.16. The molecule has 0 aliphatic carbocycles. The summed E-state index contributed by atoms with van der Waals surface area (Å²) in [5, 5.41) is 14.4. The number of amides is 1. The number of hydrogen-bond donors (Lipinski definition) is 1. The number of halogens is 2. The molecular formula is C19H14Cl2N4O3S2. The SMILES string of the molecule is CN(CC(=O)Nc1nc(-c2cc(Cl)ccc2Cl)cs1)S(=O)(=O)c1ccc(C#N)cc1. The van der Waals surface area contributed by atoms with E-state index in [9.17, 15) is 13.2 Å². The van der Waals surface area contributed by atoms with Crippen molar-refractivity contribution >= 4 is 55.6 Å². The van der Waals surface area contributed by atoms with Gasteiger partial charge in [0.2, 0.25) is 15.9 Å². The summed E-state index contributed by atoms with van der Waals surface area (Å²) in [5.41, 5.74) is 1.51. The molecule has 2 aromatic carbocycles. The maximum atomic E-state index is 12.6. The van der Waals surface area contributed by atoms with Gasteiger partial charge >= 0.3 is 0 Å². The van der Waals surface area contributed by atoms with Crippen molar-refractivity contribution in [3.8, 4) is 17.3 Å². The Labute approximate surface area is 187 Å². The summed E-state index contributed by atoms with van der Waals surface area (Å²) in [7, 11) is -2.59. The van der Waals surface area contributed by atoms with Gasteiger partial charge in [0.05, 0.1) is 33.8 Å². The molecule has 0 atom stereocenters. The third-order valence-electron chi connectivity index (χ3n) is 4.01. The highest BCUT2D eigenvalue weighted by atomic mass is 35.5. The van der Waals surface area contributed by atoms with Crippen LogP contribution < -0.4 is 5.32 Å². The van der Waals surface area contributed by atoms with Crippen molar-refractivity contribution in [2.75, 3.05) is 18.9 Å². The minimum atomic E-state index is -3.89. The second-order valence-corrected chi connectivity index (χ2v) is 9.85. The molecule has 0 saturated carbocycles. The van der Waals surface area contributed by atoms with E-state index in [-0.39, 0.29) is 4.90 Å². The molecule has 0 spiro atoms. The fourth-order valence-corrected chi connectivity index (χ4v) is 4.72. The first-order chi connectivity index (χ1) is 14.2. The van der Waals surface area contributed by atoms with Crippen LogP contribution in [0, 0.1) is 11.3 Å². The highest BCUT2D eigenvalue weighted by Crippen LogP contribution is 2.32. The quantitative estimate of drug-likeness (QED) is 0.567. The van der Waals surface area contributed by atoms with Crippen LogP contribution in [0.5, 0.6) is 0 Å². The Morgan fingerprint density at radius 2 is 1.93 bits per heavy atom. The number of carbonyl (C=O) groups excluding carboxylic acids is 1. The van der Waals surface area contributed by atoms with Crippen molar-refractivity contribution in [3.63, 3.8) is 0 Å². The zero-order chi connectivity index (χ0) is 21.9. The number of aromatic nitrogens is 1. The molecular weight excluding hydrogens is 467 g/mol. The van der Waals surface area contributed by atoms with E-state index in [1.165, 1.54) is 42.6 Å². The van der Waals surface area contributed by atoms with E-state index in [1.54, 1.807) is 23.6 Å². The summed E-state index contributed by atoms with van der Waals surface area (Å²) >= 11 is 13.3. The van der Waals surface area contributed by atoms with Crippen molar-refractivity contribution < 1.29 is 13.2 Å². The second kappa shape index (κ2) is 9.12. The Morgan fingerprint density at radius 3 is 2.60 bits per heavy atom. The first-order valence-electron chi connectivity index (χ1n) is 8.38. The molecule has 1 amide bonds. The second-order valence-electron chi connectivity index (χ2n) is 6.11. The molecule has 1 heterocycles. The van der Waals surface area contributed by atoms with E-state index in [4.69, 9.17) is 28.5 Å². The van der Waals surface area contributed by atoms with Gasteiger partial charge < -0.3 is 5.32 Å². The van der Waals surface area contributed by atoms with Gasteiger partial charge in [-0.1, -0.05) is 23.2 Å². The number of carbonyl (C=O) groups is 1. The van der Waals surface area contributed by atoms with Crippen molar-refractivity contribution in [1.82, 2.24) is 9.29 Å². The average Bonchev–Trinajstić information content (AvgIpc) is 3.17. The van der Waals surface area contributed by atoms with Gasteiger partial charge in [-0.2, -0.15) is 9.57 Å². The Morgan fingerprint density at radius 1 is 1.23 bits per heavy atom. The number of nitriles is 1. The van der Waals surface area contributed by atoms with Gasteiger partial charge in [0.15, 0.2) is 5.13 Å². The smallest absolute Gasteiger partial charge is 0.243 e. The number of likely N-dealkylation sites (N-methyl/N-ethyl adjacent to an activating group) is 1. The third kappa shape index (κ3) is 4.98. The first kappa shape index (κ1) is 22.2. The predicted molar refractivity (Wildman–Crippen MR) is 117 cm³/mol. The van der Waals surface area contributed by atoms with E-state index in [0.29, 0.717) is 32.0 Å². The molecule has 1 N–H and O–H groups in total. The lowest BCUT2D eigenvalue weighted by Crippen LogP contribution is -2.34. The Balaban J connectivity index is 1.69. The molecule has 0 aliphatic heterocycles. The van der Waals surface area contributed by atoms with Crippen LogP contribution in [0.2, 0.25) is 10.0 Å². The molecule has 0 bridgehead atoms. The van der Waals surface area contributed by atoms with Crippen LogP contribution in [0.3, 0.4) is 0 Å². The van der Waals surface area contributed by atoms with E-state index in [1.807, 2.05) is 6.07 Å². The third-order valence-corrected chi connectivity index (χ3v) is 7.15. The maximum absolute atomic E-state index is 12.6. The van der Waals surface area contributed by atoms with Crippen LogP contribution in [-0.4, -0.2) is 37.2 Å². The van der Waals surface area contributed by atoms with Crippen LogP contribution in [0.4, 0.5) is 5.13 Å². The maximum Gasteiger partial charge on any atom is 0.243 e. The van der Waals surface area contributed by atoms with Gasteiger partial charge in [-0.05, 0) is 42.5 Å². The number of thiazole rings is 1. The molecule has 0 radical (unpaired) electrons. The number of anilines is 1. The van der Waals surface area contributed by atoms with E-state index in [2.05, 4.69) is 10.3 Å². The van der Waals surface area contributed by atoms with Gasteiger partial charge in [-0.15, -0.1) is 11.3 Å². The molecule has 1 aromatic heterocycles. The lowest BCUT2D eigenvalue weighted by molar-refractivity contribution is -0.116. The van der Waals surface area contributed by atoms with E-state index < -0.39 is 22.5 Å². The zero-order valence-electron chi connectivity index (χ0n) is 15.5. The molecule has 154 valence electrons. The predicted octanol–water partition coefficient (Wildman–Crippen LogP) is 4.25.